The molecule has 1 fully saturated rings. The molecule has 21 heavy (non-hydrogen) atoms. The van der Waals surface area contributed by atoms with Crippen LogP contribution in [-0.4, -0.2) is 27.5 Å². The third-order valence-electron chi connectivity index (χ3n) is 4.10. The molecule has 0 aromatic heterocycles. The summed E-state index contributed by atoms with van der Waals surface area (Å²) in [5, 5.41) is -0.934. The zero-order chi connectivity index (χ0) is 15.8. The van der Waals surface area contributed by atoms with Crippen LogP contribution in [0.3, 0.4) is 0 Å². The van der Waals surface area contributed by atoms with Crippen molar-refractivity contribution in [2.24, 2.45) is 11.8 Å². The van der Waals surface area contributed by atoms with E-state index in [9.17, 15) is 13.2 Å². The van der Waals surface area contributed by atoms with E-state index in [1.807, 2.05) is 0 Å². The Hall–Kier alpha value is -0.943. The van der Waals surface area contributed by atoms with Gasteiger partial charge in [0, 0.05) is 14.0 Å². The summed E-state index contributed by atoms with van der Waals surface area (Å²) in [4.78, 5) is 12.7. The van der Waals surface area contributed by atoms with E-state index in [1.54, 1.807) is 30.3 Å². The summed E-state index contributed by atoms with van der Waals surface area (Å²) in [6.07, 6.45) is 0.873. The number of carbonyl (C=O) groups is 1. The largest absolute Gasteiger partial charge is 0.298 e. The summed E-state index contributed by atoms with van der Waals surface area (Å²) in [6.45, 7) is 8.40. The standard InChI is InChI=1S/C16H24O3SSi/c1-12(20(18,19)14-8-6-5-7-9-14)16(17)15-10-13(15)11-21(2,3)4/h5-9,12-13,15H,10-11H2,1-4H3. The summed E-state index contributed by atoms with van der Waals surface area (Å²) in [5.74, 6) is 0.282. The van der Waals surface area contributed by atoms with Crippen LogP contribution in [0.2, 0.25) is 25.7 Å². The van der Waals surface area contributed by atoms with E-state index in [-0.39, 0.29) is 16.6 Å². The molecule has 0 saturated heterocycles. The molecule has 3 unspecified atom stereocenters. The fourth-order valence-electron chi connectivity index (χ4n) is 2.88. The van der Waals surface area contributed by atoms with Crippen molar-refractivity contribution in [3.05, 3.63) is 30.3 Å². The minimum absolute atomic E-state index is 0.0368. The molecule has 5 heteroatoms. The highest BCUT2D eigenvalue weighted by molar-refractivity contribution is 7.92. The van der Waals surface area contributed by atoms with Crippen LogP contribution in [0.5, 0.6) is 0 Å². The first-order chi connectivity index (χ1) is 9.63. The van der Waals surface area contributed by atoms with Crippen molar-refractivity contribution < 1.29 is 13.2 Å². The lowest BCUT2D eigenvalue weighted by Crippen LogP contribution is -2.30. The lowest BCUT2D eigenvalue weighted by atomic mass is 10.2. The second kappa shape index (κ2) is 5.69. The third kappa shape index (κ3) is 3.83. The van der Waals surface area contributed by atoms with Gasteiger partial charge in [0.25, 0.3) is 0 Å². The number of sulfone groups is 1. The number of hydrogen-bond acceptors (Lipinski definition) is 3. The Labute approximate surface area is 128 Å². The predicted molar refractivity (Wildman–Crippen MR) is 87.8 cm³/mol. The maximum atomic E-state index is 12.5. The van der Waals surface area contributed by atoms with E-state index in [2.05, 4.69) is 19.6 Å². The molecule has 0 aliphatic heterocycles. The van der Waals surface area contributed by atoms with Gasteiger partial charge in [-0.3, -0.25) is 4.79 Å². The van der Waals surface area contributed by atoms with Crippen molar-refractivity contribution in [3.8, 4) is 0 Å². The van der Waals surface area contributed by atoms with Crippen LogP contribution in [0.15, 0.2) is 35.2 Å². The van der Waals surface area contributed by atoms with Gasteiger partial charge in [0.1, 0.15) is 5.25 Å². The van der Waals surface area contributed by atoms with Crippen molar-refractivity contribution in [1.29, 1.82) is 0 Å². The van der Waals surface area contributed by atoms with Crippen LogP contribution < -0.4 is 0 Å². The molecule has 3 nitrogen and oxygen atoms in total. The van der Waals surface area contributed by atoms with Gasteiger partial charge in [-0.1, -0.05) is 43.9 Å². The Morgan fingerprint density at radius 1 is 1.24 bits per heavy atom. The Morgan fingerprint density at radius 2 is 1.81 bits per heavy atom. The van der Waals surface area contributed by atoms with Crippen molar-refractivity contribution in [2.75, 3.05) is 0 Å². The Balaban J connectivity index is 2.08. The summed E-state index contributed by atoms with van der Waals surface area (Å²) < 4.78 is 25.0. The van der Waals surface area contributed by atoms with Crippen LogP contribution in [0.25, 0.3) is 0 Å². The molecular formula is C16H24O3SSi. The number of ketones is 1. The molecule has 2 rings (SSSR count). The van der Waals surface area contributed by atoms with Crippen LogP contribution in [-0.2, 0) is 14.6 Å². The van der Waals surface area contributed by atoms with Crippen LogP contribution in [0.1, 0.15) is 13.3 Å². The molecule has 0 bridgehead atoms. The van der Waals surface area contributed by atoms with Crippen molar-refractivity contribution in [3.63, 3.8) is 0 Å². The topological polar surface area (TPSA) is 51.2 Å². The van der Waals surface area contributed by atoms with E-state index in [0.717, 1.165) is 12.5 Å². The number of benzene rings is 1. The summed E-state index contributed by atoms with van der Waals surface area (Å²) in [7, 11) is -4.74. The highest BCUT2D eigenvalue weighted by Crippen LogP contribution is 2.46. The molecule has 0 spiro atoms. The molecule has 3 atom stereocenters. The summed E-state index contributed by atoms with van der Waals surface area (Å²) in [5.41, 5.74) is 0. The van der Waals surface area contributed by atoms with Gasteiger partial charge in [0.05, 0.1) is 4.90 Å². The minimum atomic E-state index is -3.55. The van der Waals surface area contributed by atoms with Crippen molar-refractivity contribution in [1.82, 2.24) is 0 Å². The molecular weight excluding hydrogens is 300 g/mol. The van der Waals surface area contributed by atoms with Gasteiger partial charge in [-0.2, -0.15) is 0 Å². The molecule has 1 aromatic rings. The molecule has 1 saturated carbocycles. The maximum Gasteiger partial charge on any atom is 0.188 e. The normalized spacial score (nSPS) is 23.6. The van der Waals surface area contributed by atoms with Gasteiger partial charge in [-0.25, -0.2) is 8.42 Å². The highest BCUT2D eigenvalue weighted by atomic mass is 32.2. The fraction of sp³-hybridized carbons (Fsp3) is 0.562. The van der Waals surface area contributed by atoms with Gasteiger partial charge >= 0.3 is 0 Å². The number of Topliss-reactive ketones (excluding diaryl/α,β-unsaturated/α-hetero) is 1. The lowest BCUT2D eigenvalue weighted by Gasteiger charge is -2.16. The van der Waals surface area contributed by atoms with Crippen LogP contribution in [0.4, 0.5) is 0 Å². The zero-order valence-electron chi connectivity index (χ0n) is 13.2. The first-order valence-corrected chi connectivity index (χ1v) is 12.7. The molecule has 116 valence electrons. The molecule has 1 aromatic carbocycles. The van der Waals surface area contributed by atoms with Crippen LogP contribution >= 0.6 is 0 Å². The first kappa shape index (κ1) is 16.4. The van der Waals surface area contributed by atoms with Gasteiger partial charge in [0.15, 0.2) is 15.6 Å². The van der Waals surface area contributed by atoms with E-state index in [0.29, 0.717) is 5.92 Å². The smallest absolute Gasteiger partial charge is 0.188 e. The predicted octanol–water partition coefficient (Wildman–Crippen LogP) is 3.39. The van der Waals surface area contributed by atoms with E-state index >= 15 is 0 Å². The van der Waals surface area contributed by atoms with E-state index in [1.165, 1.54) is 6.92 Å². The average molecular weight is 325 g/mol. The Morgan fingerprint density at radius 3 is 2.33 bits per heavy atom. The van der Waals surface area contributed by atoms with Crippen molar-refractivity contribution >= 4 is 23.7 Å². The SMILES string of the molecule is CC(C(=O)C1CC1C[Si](C)(C)C)S(=O)(=O)c1ccccc1. The molecule has 0 radical (unpaired) electrons. The van der Waals surface area contributed by atoms with Crippen molar-refractivity contribution in [2.45, 2.75) is 49.2 Å². The summed E-state index contributed by atoms with van der Waals surface area (Å²) >= 11 is 0. The van der Waals surface area contributed by atoms with E-state index in [4.69, 9.17) is 0 Å². The third-order valence-corrected chi connectivity index (χ3v) is 7.94. The second-order valence-corrected chi connectivity index (χ2v) is 15.1. The molecule has 1 aliphatic carbocycles. The minimum Gasteiger partial charge on any atom is -0.298 e. The van der Waals surface area contributed by atoms with E-state index < -0.39 is 23.2 Å². The van der Waals surface area contributed by atoms with Gasteiger partial charge in [0.2, 0.25) is 0 Å². The maximum absolute atomic E-state index is 12.5. The van der Waals surface area contributed by atoms with Crippen LogP contribution in [0, 0.1) is 11.8 Å². The molecule has 0 N–H and O–H groups in total. The zero-order valence-corrected chi connectivity index (χ0v) is 15.0. The van der Waals surface area contributed by atoms with Gasteiger partial charge in [-0.15, -0.1) is 0 Å². The molecule has 0 heterocycles. The fourth-order valence-corrected chi connectivity index (χ4v) is 6.33. The molecule has 1 aliphatic rings. The van der Waals surface area contributed by atoms with Gasteiger partial charge < -0.3 is 0 Å². The Kier molecular flexibility index (Phi) is 4.45. The molecule has 0 amide bonds. The number of rotatable bonds is 6. The lowest BCUT2D eigenvalue weighted by molar-refractivity contribution is -0.119. The Bertz CT molecular complexity index is 617. The quantitative estimate of drug-likeness (QED) is 0.754. The average Bonchev–Trinajstić information content (AvgIpc) is 3.14. The second-order valence-electron chi connectivity index (χ2n) is 7.27. The van der Waals surface area contributed by atoms with Gasteiger partial charge in [-0.05, 0) is 31.4 Å². The number of hydrogen-bond donors (Lipinski definition) is 0. The summed E-state index contributed by atoms with van der Waals surface area (Å²) in [6, 6.07) is 9.39. The monoisotopic (exact) mass is 324 g/mol. The number of carbonyl (C=O) groups excluding carboxylic acids is 1. The highest BCUT2D eigenvalue weighted by Gasteiger charge is 2.48. The first-order valence-electron chi connectivity index (χ1n) is 7.45.